The highest BCUT2D eigenvalue weighted by atomic mass is 32.2. The third kappa shape index (κ3) is 12.4. The van der Waals surface area contributed by atoms with E-state index in [1.54, 1.807) is 27.7 Å². The smallest absolute Gasteiger partial charge is 0.356 e. The van der Waals surface area contributed by atoms with E-state index in [0.29, 0.717) is 0 Å². The molecule has 0 amide bonds. The highest BCUT2D eigenvalue weighted by molar-refractivity contribution is 7.85. The zero-order valence-corrected chi connectivity index (χ0v) is 15.6. The summed E-state index contributed by atoms with van der Waals surface area (Å²) in [6, 6.07) is 0. The lowest BCUT2D eigenvalue weighted by molar-refractivity contribution is 0.0332. The van der Waals surface area contributed by atoms with Crippen LogP contribution in [0, 0.1) is 0 Å². The molecular weight excluding hydrogens is 349 g/mol. The minimum Gasteiger partial charge on any atom is -0.363 e. The second kappa shape index (κ2) is 10.2. The number of hydrogen-bond acceptors (Lipinski definition) is 8. The largest absolute Gasteiger partial charge is 0.363 e. The van der Waals surface area contributed by atoms with Crippen LogP contribution < -0.4 is 0 Å². The van der Waals surface area contributed by atoms with Gasteiger partial charge in [-0.2, -0.15) is 8.42 Å². The molecule has 0 heterocycles. The monoisotopic (exact) mass is 373 g/mol. The van der Waals surface area contributed by atoms with E-state index in [1.807, 2.05) is 0 Å². The Kier molecular flexibility index (Phi) is 9.95. The molecule has 0 saturated carbocycles. The molecule has 0 fully saturated rings. The van der Waals surface area contributed by atoms with Crippen LogP contribution in [0.4, 0.5) is 0 Å². The summed E-state index contributed by atoms with van der Waals surface area (Å²) in [6.45, 7) is 6.22. The molecule has 0 aliphatic rings. The van der Waals surface area contributed by atoms with Crippen molar-refractivity contribution in [3.63, 3.8) is 0 Å². The van der Waals surface area contributed by atoms with Crippen molar-refractivity contribution >= 4 is 17.7 Å². The van der Waals surface area contributed by atoms with Gasteiger partial charge in [-0.15, -0.1) is 0 Å². The van der Waals surface area contributed by atoms with Crippen molar-refractivity contribution < 1.29 is 31.0 Å². The Hall–Kier alpha value is -0.670. The standard InChI is InChI=1S/C11H24N3O7PS/c1-9(2)20-22(15,21-10(3)4)8-18-11(6-13-14-12)7-19-23(5,16)17/h9-11H,6-8H2,1-5H3. The molecule has 23 heavy (non-hydrogen) atoms. The molecular formula is C11H24N3O7PS. The van der Waals surface area contributed by atoms with Gasteiger partial charge in [-0.3, -0.25) is 8.75 Å². The minimum absolute atomic E-state index is 0.185. The average molecular weight is 373 g/mol. The molecule has 0 radical (unpaired) electrons. The first kappa shape index (κ1) is 22.3. The molecule has 136 valence electrons. The number of nitrogens with zero attached hydrogens (tertiary/aromatic N) is 3. The van der Waals surface area contributed by atoms with E-state index in [9.17, 15) is 13.0 Å². The van der Waals surface area contributed by atoms with E-state index in [0.717, 1.165) is 6.26 Å². The van der Waals surface area contributed by atoms with Gasteiger partial charge in [0.2, 0.25) is 0 Å². The fraction of sp³-hybridized carbons (Fsp3) is 1.00. The Morgan fingerprint density at radius 3 is 2.09 bits per heavy atom. The van der Waals surface area contributed by atoms with Gasteiger partial charge in [0.25, 0.3) is 10.1 Å². The first-order chi connectivity index (χ1) is 10.5. The Balaban J connectivity index is 4.86. The summed E-state index contributed by atoms with van der Waals surface area (Å²) in [5, 5.41) is 3.30. The van der Waals surface area contributed by atoms with Crippen molar-refractivity contribution in [2.24, 2.45) is 5.11 Å². The van der Waals surface area contributed by atoms with Crippen LogP contribution in [0.2, 0.25) is 0 Å². The quantitative estimate of drug-likeness (QED) is 0.168. The molecule has 0 aliphatic carbocycles. The van der Waals surface area contributed by atoms with Gasteiger partial charge in [-0.1, -0.05) is 5.11 Å². The van der Waals surface area contributed by atoms with Crippen LogP contribution in [-0.2, 0) is 32.7 Å². The van der Waals surface area contributed by atoms with E-state index in [-0.39, 0.29) is 25.4 Å². The molecule has 0 spiro atoms. The molecule has 0 aromatic rings. The Bertz CT molecular complexity index is 532. The number of azide groups is 1. The summed E-state index contributed by atoms with van der Waals surface area (Å²) >= 11 is 0. The van der Waals surface area contributed by atoms with Crippen LogP contribution in [0.1, 0.15) is 27.7 Å². The Labute approximate surface area is 136 Å². The molecule has 10 nitrogen and oxygen atoms in total. The van der Waals surface area contributed by atoms with Crippen molar-refractivity contribution in [1.82, 2.24) is 0 Å². The maximum atomic E-state index is 12.6. The molecule has 0 saturated heterocycles. The van der Waals surface area contributed by atoms with Gasteiger partial charge in [0.15, 0.2) is 0 Å². The molecule has 0 aromatic heterocycles. The predicted molar refractivity (Wildman–Crippen MR) is 84.6 cm³/mol. The molecule has 0 N–H and O–H groups in total. The van der Waals surface area contributed by atoms with E-state index in [2.05, 4.69) is 14.2 Å². The summed E-state index contributed by atoms with van der Waals surface area (Å²) in [5.41, 5.74) is 8.35. The van der Waals surface area contributed by atoms with Crippen molar-refractivity contribution in [1.29, 1.82) is 0 Å². The second-order valence-electron chi connectivity index (χ2n) is 5.24. The molecule has 1 unspecified atom stereocenters. The SMILES string of the molecule is CC(C)OP(=O)(COC(CN=[N+]=[N-])COS(C)(=O)=O)OC(C)C. The van der Waals surface area contributed by atoms with Crippen molar-refractivity contribution in [2.75, 3.05) is 25.8 Å². The fourth-order valence-corrected chi connectivity index (χ4v) is 3.65. The van der Waals surface area contributed by atoms with Gasteiger partial charge in [0.05, 0.1) is 37.7 Å². The zero-order valence-electron chi connectivity index (χ0n) is 13.9. The lowest BCUT2D eigenvalue weighted by Crippen LogP contribution is -2.26. The summed E-state index contributed by atoms with van der Waals surface area (Å²) in [4.78, 5) is 2.57. The molecule has 0 rings (SSSR count). The Morgan fingerprint density at radius 2 is 1.70 bits per heavy atom. The maximum Gasteiger partial charge on any atom is 0.356 e. The van der Waals surface area contributed by atoms with E-state index in [4.69, 9.17) is 19.3 Å². The van der Waals surface area contributed by atoms with Crippen molar-refractivity contribution in [3.8, 4) is 0 Å². The number of rotatable bonds is 12. The van der Waals surface area contributed by atoms with Crippen LogP contribution >= 0.6 is 7.60 Å². The maximum absolute atomic E-state index is 12.6. The Morgan fingerprint density at radius 1 is 1.17 bits per heavy atom. The van der Waals surface area contributed by atoms with Crippen LogP contribution in [0.15, 0.2) is 5.11 Å². The molecule has 1 atom stereocenters. The average Bonchev–Trinajstić information content (AvgIpc) is 2.34. The first-order valence-corrected chi connectivity index (χ1v) is 10.4. The number of hydrogen-bond donors (Lipinski definition) is 0. The summed E-state index contributed by atoms with van der Waals surface area (Å²) < 4.78 is 55.2. The third-order valence-corrected chi connectivity index (χ3v) is 4.54. The van der Waals surface area contributed by atoms with Crippen LogP contribution in [0.5, 0.6) is 0 Å². The number of ether oxygens (including phenoxy) is 1. The lowest BCUT2D eigenvalue weighted by atomic mass is 10.4. The lowest BCUT2D eigenvalue weighted by Gasteiger charge is -2.24. The van der Waals surface area contributed by atoms with E-state index < -0.39 is 30.2 Å². The second-order valence-corrected chi connectivity index (χ2v) is 8.78. The fourth-order valence-electron chi connectivity index (χ4n) is 1.41. The van der Waals surface area contributed by atoms with Crippen molar-refractivity contribution in [2.45, 2.75) is 46.0 Å². The highest BCUT2D eigenvalue weighted by Gasteiger charge is 2.29. The van der Waals surface area contributed by atoms with Gasteiger partial charge < -0.3 is 13.8 Å². The third-order valence-electron chi connectivity index (χ3n) is 2.03. The van der Waals surface area contributed by atoms with E-state index >= 15 is 0 Å². The zero-order chi connectivity index (χ0) is 18.1. The van der Waals surface area contributed by atoms with Crippen LogP contribution in [-0.4, -0.2) is 52.5 Å². The van der Waals surface area contributed by atoms with Gasteiger partial charge in [-0.05, 0) is 33.2 Å². The van der Waals surface area contributed by atoms with Gasteiger partial charge in [0.1, 0.15) is 6.35 Å². The van der Waals surface area contributed by atoms with Crippen LogP contribution in [0.25, 0.3) is 10.4 Å². The predicted octanol–water partition coefficient (Wildman–Crippen LogP) is 2.66. The van der Waals surface area contributed by atoms with E-state index in [1.165, 1.54) is 0 Å². The summed E-state index contributed by atoms with van der Waals surface area (Å²) in [7, 11) is -7.23. The van der Waals surface area contributed by atoms with Gasteiger partial charge in [0, 0.05) is 4.91 Å². The summed E-state index contributed by atoms with van der Waals surface area (Å²) in [6.07, 6.45) is -1.15. The van der Waals surface area contributed by atoms with Crippen LogP contribution in [0.3, 0.4) is 0 Å². The normalized spacial score (nSPS) is 14.0. The molecule has 0 aliphatic heterocycles. The first-order valence-electron chi connectivity index (χ1n) is 6.90. The van der Waals surface area contributed by atoms with Crippen molar-refractivity contribution in [3.05, 3.63) is 10.4 Å². The van der Waals surface area contributed by atoms with Gasteiger partial charge in [-0.25, -0.2) is 0 Å². The summed E-state index contributed by atoms with van der Waals surface area (Å²) in [5.74, 6) is 0. The molecule has 0 bridgehead atoms. The highest BCUT2D eigenvalue weighted by Crippen LogP contribution is 2.50. The topological polar surface area (TPSA) is 137 Å². The molecule has 0 aromatic carbocycles. The minimum atomic E-state index is -3.68. The van der Waals surface area contributed by atoms with Gasteiger partial charge >= 0.3 is 7.60 Å². The molecule has 12 heteroatoms.